The molecule has 2 heterocycles. The summed E-state index contributed by atoms with van der Waals surface area (Å²) in [6, 6.07) is 50.7. The van der Waals surface area contributed by atoms with Gasteiger partial charge in [-0.1, -0.05) is 121 Å². The van der Waals surface area contributed by atoms with Gasteiger partial charge in [-0.15, -0.1) is 0 Å². The minimum Gasteiger partial charge on any atom is -0.352 e. The molecule has 194 valence electrons. The van der Waals surface area contributed by atoms with Gasteiger partial charge in [0.1, 0.15) is 0 Å². The summed E-state index contributed by atoms with van der Waals surface area (Å²) in [5.41, 5.74) is 6.15. The SMILES string of the molecule is c1ccc2c(c1)NC(n1c3ccc4ccccc4c3c3c4ccccc4ccc31)NC2c1cccc2ccccc12. The van der Waals surface area contributed by atoms with Crippen LogP contribution in [0.5, 0.6) is 0 Å². The minimum absolute atomic E-state index is 0.0250. The van der Waals surface area contributed by atoms with Gasteiger partial charge in [0.25, 0.3) is 0 Å². The highest BCUT2D eigenvalue weighted by atomic mass is 15.3. The summed E-state index contributed by atoms with van der Waals surface area (Å²) in [6.45, 7) is 0. The van der Waals surface area contributed by atoms with E-state index < -0.39 is 0 Å². The third kappa shape index (κ3) is 3.30. The van der Waals surface area contributed by atoms with Gasteiger partial charge < -0.3 is 9.88 Å². The molecule has 0 bridgehead atoms. The first-order valence-electron chi connectivity index (χ1n) is 14.3. The zero-order valence-electron chi connectivity index (χ0n) is 22.4. The number of hydrogen-bond acceptors (Lipinski definition) is 2. The molecule has 0 aliphatic carbocycles. The number of aromatic nitrogens is 1. The van der Waals surface area contributed by atoms with Crippen LogP contribution in [0.25, 0.3) is 54.1 Å². The Morgan fingerprint density at radius 2 is 0.951 bits per heavy atom. The molecular weight excluding hydrogens is 498 g/mol. The molecule has 1 aliphatic rings. The van der Waals surface area contributed by atoms with Crippen molar-refractivity contribution in [2.24, 2.45) is 0 Å². The maximum absolute atomic E-state index is 4.05. The van der Waals surface area contributed by atoms with Crippen LogP contribution in [0.1, 0.15) is 23.5 Å². The molecule has 7 aromatic carbocycles. The molecule has 1 aliphatic heterocycles. The van der Waals surface area contributed by atoms with E-state index >= 15 is 0 Å². The van der Waals surface area contributed by atoms with Crippen LogP contribution in [-0.4, -0.2) is 4.57 Å². The summed E-state index contributed by atoms with van der Waals surface area (Å²) in [7, 11) is 0. The number of nitrogens with one attached hydrogen (secondary N) is 2. The summed E-state index contributed by atoms with van der Waals surface area (Å²) in [5, 5.41) is 18.2. The van der Waals surface area contributed by atoms with Crippen molar-refractivity contribution < 1.29 is 0 Å². The monoisotopic (exact) mass is 525 g/mol. The molecule has 3 nitrogen and oxygen atoms in total. The van der Waals surface area contributed by atoms with Gasteiger partial charge in [0.15, 0.2) is 6.29 Å². The summed E-state index contributed by atoms with van der Waals surface area (Å²) >= 11 is 0. The van der Waals surface area contributed by atoms with E-state index in [4.69, 9.17) is 0 Å². The molecule has 2 N–H and O–H groups in total. The van der Waals surface area contributed by atoms with Gasteiger partial charge >= 0.3 is 0 Å². The van der Waals surface area contributed by atoms with E-state index in [0.29, 0.717) is 0 Å². The summed E-state index contributed by atoms with van der Waals surface area (Å²) in [6.07, 6.45) is -0.156. The van der Waals surface area contributed by atoms with Crippen LogP contribution in [-0.2, 0) is 0 Å². The molecular formula is C38H27N3. The number of anilines is 1. The Bertz CT molecular complexity index is 2200. The third-order valence-electron chi connectivity index (χ3n) is 8.86. The quantitative estimate of drug-likeness (QED) is 0.235. The summed E-state index contributed by atoms with van der Waals surface area (Å²) in [4.78, 5) is 0. The number of rotatable bonds is 2. The maximum atomic E-state index is 4.05. The van der Waals surface area contributed by atoms with Gasteiger partial charge in [-0.05, 0) is 61.6 Å². The summed E-state index contributed by atoms with van der Waals surface area (Å²) in [5.74, 6) is 0. The van der Waals surface area contributed by atoms with Gasteiger partial charge in [0.2, 0.25) is 0 Å². The maximum Gasteiger partial charge on any atom is 0.160 e. The molecule has 1 aromatic heterocycles. The average molecular weight is 526 g/mol. The molecule has 0 saturated heterocycles. The molecule has 2 atom stereocenters. The van der Waals surface area contributed by atoms with Crippen molar-refractivity contribution in [2.45, 2.75) is 12.3 Å². The van der Waals surface area contributed by atoms with Crippen molar-refractivity contribution in [1.29, 1.82) is 0 Å². The van der Waals surface area contributed by atoms with Gasteiger partial charge in [0.05, 0.1) is 17.1 Å². The highest BCUT2D eigenvalue weighted by Crippen LogP contribution is 2.43. The minimum atomic E-state index is -0.156. The Morgan fingerprint density at radius 3 is 1.63 bits per heavy atom. The van der Waals surface area contributed by atoms with E-state index in [1.807, 2.05) is 0 Å². The average Bonchev–Trinajstić information content (AvgIpc) is 3.39. The summed E-state index contributed by atoms with van der Waals surface area (Å²) < 4.78 is 2.47. The van der Waals surface area contributed by atoms with E-state index in [1.165, 1.54) is 65.3 Å². The van der Waals surface area contributed by atoms with Gasteiger partial charge in [-0.2, -0.15) is 0 Å². The third-order valence-corrected chi connectivity index (χ3v) is 8.86. The molecule has 0 radical (unpaired) electrons. The van der Waals surface area contributed by atoms with Crippen LogP contribution < -0.4 is 10.6 Å². The number of hydrogen-bond donors (Lipinski definition) is 2. The first-order valence-corrected chi connectivity index (χ1v) is 14.3. The van der Waals surface area contributed by atoms with E-state index in [0.717, 1.165) is 5.69 Å². The fourth-order valence-electron chi connectivity index (χ4n) is 7.07. The number of nitrogens with zero attached hydrogens (tertiary/aromatic N) is 1. The second kappa shape index (κ2) is 8.69. The molecule has 2 unspecified atom stereocenters. The number of fused-ring (bicyclic) bond motifs is 9. The van der Waals surface area contributed by atoms with Crippen LogP contribution in [0.3, 0.4) is 0 Å². The fraction of sp³-hybridized carbons (Fsp3) is 0.0526. The second-order valence-corrected chi connectivity index (χ2v) is 11.0. The Hall–Kier alpha value is -5.12. The predicted octanol–water partition coefficient (Wildman–Crippen LogP) is 9.51. The molecule has 41 heavy (non-hydrogen) atoms. The highest BCUT2D eigenvalue weighted by Gasteiger charge is 2.31. The molecule has 0 fully saturated rings. The lowest BCUT2D eigenvalue weighted by Gasteiger charge is -2.37. The number of benzene rings is 7. The Morgan fingerprint density at radius 1 is 0.439 bits per heavy atom. The topological polar surface area (TPSA) is 29.0 Å². The Labute approximate surface area is 237 Å². The lowest BCUT2D eigenvalue weighted by Crippen LogP contribution is -2.40. The first kappa shape index (κ1) is 22.7. The van der Waals surface area contributed by atoms with Crippen molar-refractivity contribution in [3.63, 3.8) is 0 Å². The first-order chi connectivity index (χ1) is 20.3. The van der Waals surface area contributed by atoms with Crippen LogP contribution in [0.15, 0.2) is 140 Å². The van der Waals surface area contributed by atoms with Gasteiger partial charge in [0, 0.05) is 16.5 Å². The van der Waals surface area contributed by atoms with E-state index in [1.54, 1.807) is 0 Å². The number of para-hydroxylation sites is 1. The fourth-order valence-corrected chi connectivity index (χ4v) is 7.07. The zero-order valence-corrected chi connectivity index (χ0v) is 22.4. The molecule has 8 aromatic rings. The Kier molecular flexibility index (Phi) is 4.80. The van der Waals surface area contributed by atoms with Crippen molar-refractivity contribution in [2.75, 3.05) is 5.32 Å². The second-order valence-electron chi connectivity index (χ2n) is 11.0. The van der Waals surface area contributed by atoms with Gasteiger partial charge in [-0.3, -0.25) is 5.32 Å². The van der Waals surface area contributed by atoms with E-state index in [2.05, 4.69) is 155 Å². The lowest BCUT2D eigenvalue weighted by molar-refractivity contribution is 0.418. The normalized spacial score (nSPS) is 16.9. The molecule has 9 rings (SSSR count). The van der Waals surface area contributed by atoms with Crippen LogP contribution in [0, 0.1) is 0 Å². The standard InChI is InChI=1S/C38H27N3/c1-4-14-27-24(10-1)13-9-18-30(27)37-31-17-7-8-19-32(31)39-38(40-37)41-33-22-20-25-11-2-5-15-28(25)35(33)36-29-16-6-3-12-26(29)21-23-34(36)41/h1-23,37-40H. The molecule has 0 amide bonds. The molecule has 3 heteroatoms. The van der Waals surface area contributed by atoms with E-state index in [9.17, 15) is 0 Å². The van der Waals surface area contributed by atoms with Crippen molar-refractivity contribution in [1.82, 2.24) is 9.88 Å². The largest absolute Gasteiger partial charge is 0.352 e. The van der Waals surface area contributed by atoms with Crippen molar-refractivity contribution >= 4 is 59.8 Å². The van der Waals surface area contributed by atoms with Crippen LogP contribution in [0.4, 0.5) is 5.69 Å². The van der Waals surface area contributed by atoms with Crippen LogP contribution >= 0.6 is 0 Å². The zero-order chi connectivity index (χ0) is 26.9. The van der Waals surface area contributed by atoms with Crippen molar-refractivity contribution in [3.05, 3.63) is 151 Å². The molecule has 0 saturated carbocycles. The van der Waals surface area contributed by atoms with Gasteiger partial charge in [-0.25, -0.2) is 0 Å². The Balaban J connectivity index is 1.35. The smallest absolute Gasteiger partial charge is 0.160 e. The predicted molar refractivity (Wildman–Crippen MR) is 172 cm³/mol. The lowest BCUT2D eigenvalue weighted by atomic mass is 9.91. The van der Waals surface area contributed by atoms with Crippen molar-refractivity contribution in [3.8, 4) is 0 Å². The van der Waals surface area contributed by atoms with E-state index in [-0.39, 0.29) is 12.3 Å². The highest BCUT2D eigenvalue weighted by molar-refractivity contribution is 6.28. The van der Waals surface area contributed by atoms with Crippen LogP contribution in [0.2, 0.25) is 0 Å². The molecule has 0 spiro atoms.